The SMILES string of the molecule is c1ccc(-c2nc(-c3ccccc3)nc(-c3ccc(-n4c5ccccc5c5cc(-c6nc(-c7ccccc7)nc(-c7ccccc7)n6)ccc54)c(-c4cnccc4-n4c5ccccc5c5ccccc54)c3)n2)cc1. The van der Waals surface area contributed by atoms with E-state index in [4.69, 9.17) is 34.9 Å². The molecule has 0 N–H and O–H groups in total. The van der Waals surface area contributed by atoms with Crippen LogP contribution >= 0.6 is 0 Å². The number of para-hydroxylation sites is 3. The predicted octanol–water partition coefficient (Wildman–Crippen LogP) is 15.3. The molecule has 0 fully saturated rings. The molecular weight excluding hydrogens is 907 g/mol. The summed E-state index contributed by atoms with van der Waals surface area (Å²) in [6.07, 6.45) is 3.87. The van der Waals surface area contributed by atoms with Crippen LogP contribution in [0, 0.1) is 0 Å². The summed E-state index contributed by atoms with van der Waals surface area (Å²) in [5, 5.41) is 4.50. The molecule has 9 heteroatoms. The highest BCUT2D eigenvalue weighted by Gasteiger charge is 2.23. The summed E-state index contributed by atoms with van der Waals surface area (Å²) in [5.41, 5.74) is 13.4. The van der Waals surface area contributed by atoms with Crippen LogP contribution in [0.25, 0.3) is 134 Å². The number of aromatic nitrogens is 9. The first-order valence-corrected chi connectivity index (χ1v) is 24.6. The second-order valence-corrected chi connectivity index (χ2v) is 18.2. The van der Waals surface area contributed by atoms with Crippen LogP contribution in [0.15, 0.2) is 249 Å². The molecule has 9 nitrogen and oxygen atoms in total. The van der Waals surface area contributed by atoms with Crippen LogP contribution in [-0.2, 0) is 0 Å². The smallest absolute Gasteiger partial charge is 0.164 e. The van der Waals surface area contributed by atoms with Crippen LogP contribution in [-0.4, -0.2) is 44.0 Å². The molecule has 0 aliphatic heterocycles. The third-order valence-electron chi connectivity index (χ3n) is 13.7. The summed E-state index contributed by atoms with van der Waals surface area (Å²) >= 11 is 0. The molecule has 0 bridgehead atoms. The van der Waals surface area contributed by atoms with Gasteiger partial charge in [0.2, 0.25) is 0 Å². The van der Waals surface area contributed by atoms with Gasteiger partial charge in [-0.2, -0.15) is 0 Å². The van der Waals surface area contributed by atoms with Crippen molar-refractivity contribution in [1.82, 2.24) is 44.0 Å². The second-order valence-electron chi connectivity index (χ2n) is 18.2. The Balaban J connectivity index is 1.02. The van der Waals surface area contributed by atoms with E-state index in [1.54, 1.807) is 0 Å². The fraction of sp³-hybridized carbons (Fsp3) is 0. The van der Waals surface area contributed by atoms with E-state index >= 15 is 0 Å². The minimum Gasteiger partial charge on any atom is -0.309 e. The van der Waals surface area contributed by atoms with Crippen molar-refractivity contribution in [2.45, 2.75) is 0 Å². The monoisotopic (exact) mass is 947 g/mol. The maximum atomic E-state index is 5.20. The van der Waals surface area contributed by atoms with Gasteiger partial charge in [-0.1, -0.05) is 176 Å². The Morgan fingerprint density at radius 3 is 1.03 bits per heavy atom. The van der Waals surface area contributed by atoms with E-state index in [-0.39, 0.29) is 0 Å². The van der Waals surface area contributed by atoms with Gasteiger partial charge >= 0.3 is 0 Å². The lowest BCUT2D eigenvalue weighted by Gasteiger charge is -2.19. The van der Waals surface area contributed by atoms with Gasteiger partial charge in [-0.3, -0.25) is 4.98 Å². The topological polar surface area (TPSA) is 100 Å². The first-order valence-electron chi connectivity index (χ1n) is 24.6. The van der Waals surface area contributed by atoms with Gasteiger partial charge in [-0.15, -0.1) is 0 Å². The molecule has 0 saturated carbocycles. The summed E-state index contributed by atoms with van der Waals surface area (Å²) in [6.45, 7) is 0. The molecule has 5 aromatic heterocycles. The van der Waals surface area contributed by atoms with Gasteiger partial charge in [0.25, 0.3) is 0 Å². The molecular formula is C65H41N9. The summed E-state index contributed by atoms with van der Waals surface area (Å²) in [6, 6.07) is 81.4. The van der Waals surface area contributed by atoms with E-state index in [1.165, 1.54) is 10.8 Å². The van der Waals surface area contributed by atoms with Crippen molar-refractivity contribution in [3.63, 3.8) is 0 Å². The molecule has 0 aliphatic rings. The average Bonchev–Trinajstić information content (AvgIpc) is 4.01. The average molecular weight is 948 g/mol. The molecule has 74 heavy (non-hydrogen) atoms. The molecule has 5 heterocycles. The van der Waals surface area contributed by atoms with Crippen molar-refractivity contribution in [3.05, 3.63) is 249 Å². The van der Waals surface area contributed by atoms with Crippen molar-refractivity contribution in [2.75, 3.05) is 0 Å². The minimum absolute atomic E-state index is 0.557. The Morgan fingerprint density at radius 1 is 0.243 bits per heavy atom. The van der Waals surface area contributed by atoms with Gasteiger partial charge < -0.3 is 9.13 Å². The Kier molecular flexibility index (Phi) is 10.3. The van der Waals surface area contributed by atoms with E-state index in [0.717, 1.165) is 88.7 Å². The van der Waals surface area contributed by atoms with Crippen molar-refractivity contribution >= 4 is 43.6 Å². The van der Waals surface area contributed by atoms with Crippen LogP contribution in [0.1, 0.15) is 0 Å². The van der Waals surface area contributed by atoms with E-state index in [1.807, 2.05) is 134 Å². The van der Waals surface area contributed by atoms with Gasteiger partial charge in [-0.25, -0.2) is 29.9 Å². The largest absolute Gasteiger partial charge is 0.309 e. The summed E-state index contributed by atoms with van der Waals surface area (Å²) in [7, 11) is 0. The maximum absolute atomic E-state index is 5.20. The quantitative estimate of drug-likeness (QED) is 0.142. The molecule has 0 amide bonds. The van der Waals surface area contributed by atoms with E-state index < -0.39 is 0 Å². The zero-order valence-electron chi connectivity index (χ0n) is 39.7. The van der Waals surface area contributed by atoms with E-state index in [9.17, 15) is 0 Å². The molecule has 14 aromatic rings. The third-order valence-corrected chi connectivity index (χ3v) is 13.7. The number of hydrogen-bond acceptors (Lipinski definition) is 7. The lowest BCUT2D eigenvalue weighted by atomic mass is 9.99. The van der Waals surface area contributed by atoms with Gasteiger partial charge in [-0.05, 0) is 60.7 Å². The Bertz CT molecular complexity index is 4250. The lowest BCUT2D eigenvalue weighted by Crippen LogP contribution is -2.04. The van der Waals surface area contributed by atoms with Crippen LogP contribution in [0.4, 0.5) is 0 Å². The Hall–Kier alpha value is -10.3. The van der Waals surface area contributed by atoms with Gasteiger partial charge in [0.05, 0.1) is 33.4 Å². The van der Waals surface area contributed by atoms with Crippen molar-refractivity contribution in [2.24, 2.45) is 0 Å². The van der Waals surface area contributed by atoms with Crippen molar-refractivity contribution in [3.8, 4) is 90.8 Å². The first kappa shape index (κ1) is 42.6. The second kappa shape index (κ2) is 17.9. The zero-order chi connectivity index (χ0) is 49.0. The van der Waals surface area contributed by atoms with Gasteiger partial charge in [0, 0.05) is 78.4 Å². The number of fused-ring (bicyclic) bond motifs is 6. The lowest BCUT2D eigenvalue weighted by molar-refractivity contribution is 1.07. The van der Waals surface area contributed by atoms with Crippen molar-refractivity contribution in [1.29, 1.82) is 0 Å². The van der Waals surface area contributed by atoms with Crippen LogP contribution in [0.2, 0.25) is 0 Å². The van der Waals surface area contributed by atoms with Crippen LogP contribution < -0.4 is 0 Å². The normalized spacial score (nSPS) is 11.5. The predicted molar refractivity (Wildman–Crippen MR) is 298 cm³/mol. The maximum Gasteiger partial charge on any atom is 0.164 e. The number of hydrogen-bond donors (Lipinski definition) is 0. The number of nitrogens with zero attached hydrogens (tertiary/aromatic N) is 9. The summed E-state index contributed by atoms with van der Waals surface area (Å²) in [4.78, 5) is 35.5. The molecule has 0 radical (unpaired) electrons. The number of pyridine rings is 1. The number of rotatable bonds is 9. The molecule has 0 unspecified atom stereocenters. The standard InChI is InChI=1S/C65H41N9/c1-5-19-42(20-6-1)60-67-61(43-21-7-2-8-22-43)70-64(69-60)46-33-35-57-51(39-46)50-29-15-18-32-56(50)74(57)58-36-34-47(65-71-62(44-23-9-3-10-24-44)68-63(72-65)45-25-11-4-12-26-45)40-52(58)53-41-66-38-37-59(53)73-54-30-16-13-27-48(54)49-28-14-17-31-55(49)73/h1-41H. The summed E-state index contributed by atoms with van der Waals surface area (Å²) < 4.78 is 4.73. The fourth-order valence-corrected chi connectivity index (χ4v) is 10.3. The fourth-order valence-electron chi connectivity index (χ4n) is 10.3. The van der Waals surface area contributed by atoms with Crippen LogP contribution in [0.5, 0.6) is 0 Å². The molecule has 9 aromatic carbocycles. The Labute approximate surface area is 425 Å². The Morgan fingerprint density at radius 2 is 0.581 bits per heavy atom. The number of benzene rings is 9. The van der Waals surface area contributed by atoms with Crippen LogP contribution in [0.3, 0.4) is 0 Å². The third kappa shape index (κ3) is 7.38. The molecule has 346 valence electrons. The van der Waals surface area contributed by atoms with E-state index in [0.29, 0.717) is 34.9 Å². The minimum atomic E-state index is 0.557. The summed E-state index contributed by atoms with van der Waals surface area (Å²) in [5.74, 6) is 3.56. The first-order chi connectivity index (χ1) is 36.7. The molecule has 0 saturated heterocycles. The van der Waals surface area contributed by atoms with Gasteiger partial charge in [0.1, 0.15) is 0 Å². The highest BCUT2D eigenvalue weighted by molar-refractivity contribution is 6.12. The van der Waals surface area contributed by atoms with Crippen molar-refractivity contribution < 1.29 is 0 Å². The zero-order valence-corrected chi connectivity index (χ0v) is 39.7. The molecule has 0 spiro atoms. The molecule has 0 atom stereocenters. The van der Waals surface area contributed by atoms with Gasteiger partial charge in [0.15, 0.2) is 34.9 Å². The molecule has 14 rings (SSSR count). The van der Waals surface area contributed by atoms with E-state index in [2.05, 4.69) is 124 Å². The highest BCUT2D eigenvalue weighted by atomic mass is 15.1. The highest BCUT2D eigenvalue weighted by Crippen LogP contribution is 2.43. The molecule has 0 aliphatic carbocycles.